The Kier molecular flexibility index (Phi) is 4.67. The van der Waals surface area contributed by atoms with Crippen molar-refractivity contribution in [2.75, 3.05) is 6.54 Å². The SMILES string of the molecule is O=C1CC(=O)N(C2CC3CCC2C3)C(=O)N1CCc1cccc(C(F)(F)F)c1. The van der Waals surface area contributed by atoms with Gasteiger partial charge in [-0.2, -0.15) is 13.2 Å². The van der Waals surface area contributed by atoms with Crippen molar-refractivity contribution in [3.05, 3.63) is 35.4 Å². The van der Waals surface area contributed by atoms with Gasteiger partial charge in [-0.25, -0.2) is 4.79 Å². The zero-order valence-corrected chi connectivity index (χ0v) is 15.2. The molecule has 3 unspecified atom stereocenters. The van der Waals surface area contributed by atoms with Crippen LogP contribution < -0.4 is 0 Å². The third kappa shape index (κ3) is 3.40. The predicted molar refractivity (Wildman–Crippen MR) is 93.0 cm³/mol. The Morgan fingerprint density at radius 2 is 1.82 bits per heavy atom. The Balaban J connectivity index is 1.47. The fourth-order valence-electron chi connectivity index (χ4n) is 4.87. The summed E-state index contributed by atoms with van der Waals surface area (Å²) < 4.78 is 38.6. The van der Waals surface area contributed by atoms with Gasteiger partial charge in [0, 0.05) is 12.6 Å². The van der Waals surface area contributed by atoms with Crippen molar-refractivity contribution in [1.82, 2.24) is 9.80 Å². The van der Waals surface area contributed by atoms with E-state index in [-0.39, 0.29) is 25.4 Å². The number of rotatable bonds is 4. The molecule has 3 aliphatic rings. The molecule has 1 aliphatic heterocycles. The molecule has 3 fully saturated rings. The quantitative estimate of drug-likeness (QED) is 0.733. The Labute approximate surface area is 160 Å². The molecule has 0 N–H and O–H groups in total. The van der Waals surface area contributed by atoms with E-state index in [1.165, 1.54) is 17.0 Å². The van der Waals surface area contributed by atoms with Crippen LogP contribution in [0.25, 0.3) is 0 Å². The molecule has 1 heterocycles. The summed E-state index contributed by atoms with van der Waals surface area (Å²) in [6.07, 6.45) is -0.780. The van der Waals surface area contributed by atoms with Crippen molar-refractivity contribution in [3.8, 4) is 0 Å². The predicted octanol–water partition coefficient (Wildman–Crippen LogP) is 3.62. The average Bonchev–Trinajstić information content (AvgIpc) is 3.24. The second-order valence-corrected chi connectivity index (χ2v) is 7.96. The van der Waals surface area contributed by atoms with E-state index in [0.29, 0.717) is 17.4 Å². The molecule has 4 amide bonds. The maximum atomic E-state index is 12.9. The van der Waals surface area contributed by atoms with Gasteiger partial charge in [-0.15, -0.1) is 0 Å². The summed E-state index contributed by atoms with van der Waals surface area (Å²) in [6.45, 7) is -0.0381. The number of halogens is 3. The number of fused-ring (bicyclic) bond motifs is 2. The lowest BCUT2D eigenvalue weighted by Gasteiger charge is -2.39. The average molecular weight is 394 g/mol. The summed E-state index contributed by atoms with van der Waals surface area (Å²) in [5.74, 6) is -0.201. The van der Waals surface area contributed by atoms with Gasteiger partial charge in [0.25, 0.3) is 0 Å². The lowest BCUT2D eigenvalue weighted by Crippen LogP contribution is -2.59. The molecule has 2 aliphatic carbocycles. The Morgan fingerprint density at radius 1 is 1.04 bits per heavy atom. The number of hydrogen-bond donors (Lipinski definition) is 0. The molecule has 150 valence electrons. The monoisotopic (exact) mass is 394 g/mol. The number of barbiturate groups is 1. The minimum absolute atomic E-state index is 0.0381. The van der Waals surface area contributed by atoms with Crippen molar-refractivity contribution >= 4 is 17.8 Å². The molecule has 28 heavy (non-hydrogen) atoms. The van der Waals surface area contributed by atoms with Crippen LogP contribution in [0.1, 0.15) is 43.2 Å². The van der Waals surface area contributed by atoms with E-state index in [4.69, 9.17) is 0 Å². The Morgan fingerprint density at radius 3 is 2.46 bits per heavy atom. The van der Waals surface area contributed by atoms with Gasteiger partial charge in [0.15, 0.2) is 0 Å². The number of nitrogens with zero attached hydrogens (tertiary/aromatic N) is 2. The molecule has 1 saturated heterocycles. The van der Waals surface area contributed by atoms with Crippen molar-refractivity contribution in [2.45, 2.75) is 50.7 Å². The minimum Gasteiger partial charge on any atom is -0.274 e. The van der Waals surface area contributed by atoms with Crippen LogP contribution in [0.3, 0.4) is 0 Å². The first-order valence-corrected chi connectivity index (χ1v) is 9.56. The van der Waals surface area contributed by atoms with Gasteiger partial charge in [-0.1, -0.05) is 24.6 Å². The fraction of sp³-hybridized carbons (Fsp3) is 0.550. The summed E-state index contributed by atoms with van der Waals surface area (Å²) in [5.41, 5.74) is -0.376. The molecule has 8 heteroatoms. The van der Waals surface area contributed by atoms with Gasteiger partial charge >= 0.3 is 12.2 Å². The van der Waals surface area contributed by atoms with Gasteiger partial charge in [0.2, 0.25) is 11.8 Å². The van der Waals surface area contributed by atoms with Gasteiger partial charge in [-0.3, -0.25) is 19.4 Å². The summed E-state index contributed by atoms with van der Waals surface area (Å²) in [5, 5.41) is 0. The molecule has 3 atom stereocenters. The van der Waals surface area contributed by atoms with Crippen LogP contribution in [0.5, 0.6) is 0 Å². The van der Waals surface area contributed by atoms with Gasteiger partial charge in [0.1, 0.15) is 6.42 Å². The highest BCUT2D eigenvalue weighted by molar-refractivity contribution is 6.14. The van der Waals surface area contributed by atoms with E-state index >= 15 is 0 Å². The second-order valence-electron chi connectivity index (χ2n) is 7.96. The number of urea groups is 1. The summed E-state index contributed by atoms with van der Waals surface area (Å²) >= 11 is 0. The number of alkyl halides is 3. The highest BCUT2D eigenvalue weighted by Crippen LogP contribution is 2.47. The van der Waals surface area contributed by atoms with Crippen LogP contribution in [0.2, 0.25) is 0 Å². The van der Waals surface area contributed by atoms with E-state index in [1.807, 2.05) is 0 Å². The first kappa shape index (κ1) is 19.0. The molecule has 2 saturated carbocycles. The van der Waals surface area contributed by atoms with Gasteiger partial charge in [-0.05, 0) is 49.1 Å². The summed E-state index contributed by atoms with van der Waals surface area (Å²) in [6, 6.07) is 4.08. The van der Waals surface area contributed by atoms with Gasteiger partial charge < -0.3 is 0 Å². The van der Waals surface area contributed by atoms with Crippen LogP contribution in [0.15, 0.2) is 24.3 Å². The zero-order chi connectivity index (χ0) is 20.1. The smallest absolute Gasteiger partial charge is 0.274 e. The van der Waals surface area contributed by atoms with Crippen molar-refractivity contribution in [1.29, 1.82) is 0 Å². The lowest BCUT2D eigenvalue weighted by atomic mass is 9.93. The first-order chi connectivity index (χ1) is 13.2. The second kappa shape index (κ2) is 6.90. The highest BCUT2D eigenvalue weighted by atomic mass is 19.4. The van der Waals surface area contributed by atoms with E-state index in [9.17, 15) is 27.6 Å². The largest absolute Gasteiger partial charge is 0.416 e. The number of benzene rings is 1. The number of hydrogen-bond acceptors (Lipinski definition) is 3. The lowest BCUT2D eigenvalue weighted by molar-refractivity contribution is -0.144. The van der Waals surface area contributed by atoms with E-state index in [1.54, 1.807) is 0 Å². The molecule has 1 aromatic rings. The third-order valence-corrected chi connectivity index (χ3v) is 6.22. The number of imide groups is 2. The minimum atomic E-state index is -4.45. The zero-order valence-electron chi connectivity index (χ0n) is 15.2. The summed E-state index contributed by atoms with van der Waals surface area (Å²) in [7, 11) is 0. The van der Waals surface area contributed by atoms with E-state index in [2.05, 4.69) is 0 Å². The topological polar surface area (TPSA) is 57.7 Å². The molecule has 0 spiro atoms. The van der Waals surface area contributed by atoms with Crippen molar-refractivity contribution < 1.29 is 27.6 Å². The third-order valence-electron chi connectivity index (χ3n) is 6.22. The van der Waals surface area contributed by atoms with Crippen LogP contribution >= 0.6 is 0 Å². The number of carbonyl (C=O) groups is 3. The van der Waals surface area contributed by atoms with Gasteiger partial charge in [0.05, 0.1) is 5.56 Å². The Hall–Kier alpha value is -2.38. The Bertz CT molecular complexity index is 823. The van der Waals surface area contributed by atoms with Crippen LogP contribution in [-0.4, -0.2) is 40.2 Å². The molecule has 5 nitrogen and oxygen atoms in total. The molecule has 0 radical (unpaired) electrons. The van der Waals surface area contributed by atoms with Crippen molar-refractivity contribution in [3.63, 3.8) is 0 Å². The maximum absolute atomic E-state index is 12.9. The van der Waals surface area contributed by atoms with Crippen LogP contribution in [0, 0.1) is 11.8 Å². The molecule has 2 bridgehead atoms. The molecule has 1 aromatic carbocycles. The van der Waals surface area contributed by atoms with Crippen LogP contribution in [-0.2, 0) is 22.2 Å². The molecule has 4 rings (SSSR count). The number of carbonyl (C=O) groups excluding carboxylic acids is 3. The highest BCUT2D eigenvalue weighted by Gasteiger charge is 2.49. The van der Waals surface area contributed by atoms with Crippen molar-refractivity contribution in [2.24, 2.45) is 11.8 Å². The summed E-state index contributed by atoms with van der Waals surface area (Å²) in [4.78, 5) is 39.8. The first-order valence-electron chi connectivity index (χ1n) is 9.56. The maximum Gasteiger partial charge on any atom is 0.416 e. The normalized spacial score (nSPS) is 27.8. The molecule has 0 aromatic heterocycles. The van der Waals surface area contributed by atoms with E-state index in [0.717, 1.165) is 42.7 Å². The standard InChI is InChI=1S/C20H21F3N2O3/c21-20(22,23)15-3-1-2-12(9-15)6-7-24-17(26)11-18(27)25(19(24)28)16-10-13-4-5-14(16)8-13/h1-3,9,13-14,16H,4-8,10-11H2. The molecular weight excluding hydrogens is 373 g/mol. The van der Waals surface area contributed by atoms with Crippen LogP contribution in [0.4, 0.5) is 18.0 Å². The molecular formula is C20H21F3N2O3. The van der Waals surface area contributed by atoms with E-state index < -0.39 is 29.6 Å². The fourth-order valence-corrected chi connectivity index (χ4v) is 4.87. The number of amides is 4.